The second kappa shape index (κ2) is 5.39. The van der Waals surface area contributed by atoms with Crippen molar-refractivity contribution in [2.45, 2.75) is 58.3 Å². The average molecular weight is 371 g/mol. The van der Waals surface area contributed by atoms with Crippen molar-refractivity contribution < 1.29 is 22.4 Å². The van der Waals surface area contributed by atoms with Gasteiger partial charge in [-0.3, -0.25) is 4.79 Å². The van der Waals surface area contributed by atoms with Gasteiger partial charge in [0.25, 0.3) is 0 Å². The quantitative estimate of drug-likeness (QED) is 0.633. The molecule has 0 aromatic rings. The molecule has 8 heteroatoms. The molecule has 0 amide bonds. The third-order valence-corrected chi connectivity index (χ3v) is 6.40. The van der Waals surface area contributed by atoms with Crippen LogP contribution in [0.25, 0.3) is 0 Å². The molecule has 2 heterocycles. The Kier molecular flexibility index (Phi) is 3.66. The van der Waals surface area contributed by atoms with E-state index in [9.17, 15) is 18.0 Å². The third kappa shape index (κ3) is 2.36. The fraction of sp³-hybridized carbons (Fsp3) is 0.722. The Labute approximate surface area is 148 Å². The van der Waals surface area contributed by atoms with Crippen molar-refractivity contribution in [3.05, 3.63) is 22.7 Å². The number of fused-ring (bicyclic) bond motifs is 2. The Morgan fingerprint density at radius 1 is 1.19 bits per heavy atom. The largest absolute Gasteiger partial charge is 0.391 e. The molecule has 4 aliphatic rings. The van der Waals surface area contributed by atoms with Crippen molar-refractivity contribution >= 4 is 5.78 Å². The predicted octanol–water partition coefficient (Wildman–Crippen LogP) is 4.60. The van der Waals surface area contributed by atoms with Gasteiger partial charge in [0, 0.05) is 28.4 Å². The number of rotatable bonds is 0. The molecule has 0 bridgehead atoms. The number of nitrogens with one attached hydrogen (secondary N) is 1. The van der Waals surface area contributed by atoms with Crippen LogP contribution in [0.2, 0.25) is 0 Å². The summed E-state index contributed by atoms with van der Waals surface area (Å²) < 4.78 is 54.6. The summed E-state index contributed by atoms with van der Waals surface area (Å²) in [6.07, 6.45) is -5.35. The summed E-state index contributed by atoms with van der Waals surface area (Å²) in [6, 6.07) is 0. The SMILES string of the molecule is CC1(C)CC(=O)C2=C(NC3=C(CN=N3)C23CCC(C(F)(F)F)CC3)[C@@H]1F. The first kappa shape index (κ1) is 17.7. The number of nitrogens with zero attached hydrogens (tertiary/aromatic N) is 2. The topological polar surface area (TPSA) is 53.8 Å². The van der Waals surface area contributed by atoms with Gasteiger partial charge in [0.2, 0.25) is 0 Å². The first-order valence-corrected chi connectivity index (χ1v) is 8.93. The number of carbonyl (C=O) groups is 1. The molecule has 26 heavy (non-hydrogen) atoms. The van der Waals surface area contributed by atoms with Crippen molar-refractivity contribution in [1.82, 2.24) is 5.32 Å². The van der Waals surface area contributed by atoms with E-state index in [1.54, 1.807) is 13.8 Å². The number of hydrogen-bond donors (Lipinski definition) is 1. The molecular formula is C18H21F4N3O. The van der Waals surface area contributed by atoms with E-state index in [4.69, 9.17) is 0 Å². The van der Waals surface area contributed by atoms with Crippen LogP contribution in [0.1, 0.15) is 46.0 Å². The third-order valence-electron chi connectivity index (χ3n) is 6.40. The van der Waals surface area contributed by atoms with Crippen LogP contribution in [0.3, 0.4) is 0 Å². The number of Topliss-reactive ketones (excluding diaryl/α,β-unsaturated/α-hetero) is 1. The number of allylic oxidation sites excluding steroid dienone is 2. The van der Waals surface area contributed by atoms with Gasteiger partial charge in [0.05, 0.1) is 18.2 Å². The van der Waals surface area contributed by atoms with Crippen molar-refractivity contribution in [3.63, 3.8) is 0 Å². The van der Waals surface area contributed by atoms with Gasteiger partial charge in [-0.25, -0.2) is 4.39 Å². The Morgan fingerprint density at radius 3 is 2.46 bits per heavy atom. The lowest BCUT2D eigenvalue weighted by atomic mass is 9.56. The second-order valence-corrected chi connectivity index (χ2v) is 8.49. The molecule has 1 fully saturated rings. The van der Waals surface area contributed by atoms with Crippen molar-refractivity contribution in [2.75, 3.05) is 6.54 Å². The highest BCUT2D eigenvalue weighted by molar-refractivity contribution is 6.00. The molecular weight excluding hydrogens is 350 g/mol. The maximum absolute atomic E-state index is 15.2. The van der Waals surface area contributed by atoms with Crippen LogP contribution in [0, 0.1) is 16.7 Å². The predicted molar refractivity (Wildman–Crippen MR) is 85.7 cm³/mol. The summed E-state index contributed by atoms with van der Waals surface area (Å²) in [7, 11) is 0. The summed E-state index contributed by atoms with van der Waals surface area (Å²) in [5, 5.41) is 11.0. The van der Waals surface area contributed by atoms with E-state index in [0.29, 0.717) is 11.4 Å². The van der Waals surface area contributed by atoms with Crippen LogP contribution < -0.4 is 5.32 Å². The summed E-state index contributed by atoms with van der Waals surface area (Å²) in [5.41, 5.74) is -0.440. The van der Waals surface area contributed by atoms with Gasteiger partial charge in [0.1, 0.15) is 6.17 Å². The van der Waals surface area contributed by atoms with E-state index in [1.165, 1.54) is 0 Å². The minimum Gasteiger partial charge on any atom is -0.339 e. The highest BCUT2D eigenvalue weighted by Gasteiger charge is 2.57. The molecule has 1 atom stereocenters. The number of azo groups is 1. The summed E-state index contributed by atoms with van der Waals surface area (Å²) in [4.78, 5) is 13.0. The number of carbonyl (C=O) groups excluding carboxylic acids is 1. The van der Waals surface area contributed by atoms with Gasteiger partial charge in [-0.2, -0.15) is 18.3 Å². The smallest absolute Gasteiger partial charge is 0.339 e. The van der Waals surface area contributed by atoms with Crippen LogP contribution in [0.15, 0.2) is 32.9 Å². The second-order valence-electron chi connectivity index (χ2n) is 8.49. The zero-order chi connectivity index (χ0) is 18.9. The lowest BCUT2D eigenvalue weighted by Gasteiger charge is -2.49. The Morgan fingerprint density at radius 2 is 1.85 bits per heavy atom. The zero-order valence-corrected chi connectivity index (χ0v) is 14.7. The number of alkyl halides is 4. The van der Waals surface area contributed by atoms with E-state index >= 15 is 4.39 Å². The molecule has 142 valence electrons. The van der Waals surface area contributed by atoms with Crippen LogP contribution in [0.4, 0.5) is 17.6 Å². The maximum Gasteiger partial charge on any atom is 0.391 e. The highest BCUT2D eigenvalue weighted by atomic mass is 19.4. The average Bonchev–Trinajstić information content (AvgIpc) is 3.01. The fourth-order valence-corrected chi connectivity index (χ4v) is 4.97. The van der Waals surface area contributed by atoms with E-state index in [-0.39, 0.29) is 50.1 Å². The van der Waals surface area contributed by atoms with E-state index < -0.39 is 29.1 Å². The van der Waals surface area contributed by atoms with Crippen molar-refractivity contribution in [2.24, 2.45) is 27.0 Å². The molecule has 0 radical (unpaired) electrons. The van der Waals surface area contributed by atoms with Gasteiger partial charge >= 0.3 is 6.18 Å². The molecule has 2 aliphatic heterocycles. The molecule has 1 spiro atoms. The zero-order valence-electron chi connectivity index (χ0n) is 14.7. The number of dihydropyridines is 1. The Bertz CT molecular complexity index is 755. The molecule has 0 saturated heterocycles. The molecule has 4 nitrogen and oxygen atoms in total. The van der Waals surface area contributed by atoms with E-state index in [1.807, 2.05) is 0 Å². The lowest BCUT2D eigenvalue weighted by Crippen LogP contribution is -2.50. The monoisotopic (exact) mass is 371 g/mol. The molecule has 0 unspecified atom stereocenters. The summed E-state index contributed by atoms with van der Waals surface area (Å²) in [5.74, 6) is -1.12. The standard InChI is InChI=1S/C18H21F4N3O/c1-16(2)7-11(26)12-13(14(16)19)24-15-10(8-23-25-15)17(12)5-3-9(4-6-17)18(20,21)22/h9,14,24H,3-8H2,1-2H3/t9?,14-,17?/m0/s1. The number of hydrogen-bond acceptors (Lipinski definition) is 4. The van der Waals surface area contributed by atoms with Crippen molar-refractivity contribution in [1.29, 1.82) is 0 Å². The lowest BCUT2D eigenvalue weighted by molar-refractivity contribution is -0.185. The summed E-state index contributed by atoms with van der Waals surface area (Å²) in [6.45, 7) is 3.63. The minimum absolute atomic E-state index is 0.0516. The Balaban J connectivity index is 1.79. The fourth-order valence-electron chi connectivity index (χ4n) is 4.97. The maximum atomic E-state index is 15.2. The minimum atomic E-state index is -4.24. The van der Waals surface area contributed by atoms with Crippen LogP contribution >= 0.6 is 0 Å². The molecule has 1 saturated carbocycles. The molecule has 4 rings (SSSR count). The van der Waals surface area contributed by atoms with Gasteiger partial charge in [-0.15, -0.1) is 5.11 Å². The summed E-state index contributed by atoms with van der Waals surface area (Å²) >= 11 is 0. The number of halogens is 4. The number of ketones is 1. The molecule has 0 aromatic carbocycles. The van der Waals surface area contributed by atoms with Crippen LogP contribution in [-0.2, 0) is 4.79 Å². The van der Waals surface area contributed by atoms with E-state index in [0.717, 1.165) is 5.57 Å². The van der Waals surface area contributed by atoms with Gasteiger partial charge in [-0.05, 0) is 25.7 Å². The molecule has 2 aliphatic carbocycles. The van der Waals surface area contributed by atoms with Crippen LogP contribution in [0.5, 0.6) is 0 Å². The van der Waals surface area contributed by atoms with Gasteiger partial charge in [-0.1, -0.05) is 13.8 Å². The highest BCUT2D eigenvalue weighted by Crippen LogP contribution is 2.59. The first-order chi connectivity index (χ1) is 12.1. The Hall–Kier alpha value is -1.73. The molecule has 0 aromatic heterocycles. The van der Waals surface area contributed by atoms with Gasteiger partial charge < -0.3 is 5.32 Å². The van der Waals surface area contributed by atoms with Crippen molar-refractivity contribution in [3.8, 4) is 0 Å². The normalized spacial score (nSPS) is 36.3. The van der Waals surface area contributed by atoms with Crippen LogP contribution in [-0.4, -0.2) is 24.7 Å². The van der Waals surface area contributed by atoms with Gasteiger partial charge in [0.15, 0.2) is 11.6 Å². The first-order valence-electron chi connectivity index (χ1n) is 8.93. The van der Waals surface area contributed by atoms with E-state index in [2.05, 4.69) is 15.5 Å². The molecule has 1 N–H and O–H groups in total.